The minimum absolute atomic E-state index is 0.0569. The lowest BCUT2D eigenvalue weighted by molar-refractivity contribution is 0.0736. The van der Waals surface area contributed by atoms with Crippen LogP contribution in [0.4, 0.5) is 0 Å². The first-order valence-electron chi connectivity index (χ1n) is 7.38. The number of aromatic amines is 1. The summed E-state index contributed by atoms with van der Waals surface area (Å²) in [4.78, 5) is 40.3. The number of rotatable bonds is 2. The predicted molar refractivity (Wildman–Crippen MR) is 83.3 cm³/mol. The zero-order chi connectivity index (χ0) is 15.7. The number of benzene rings is 1. The van der Waals surface area contributed by atoms with Gasteiger partial charge < -0.3 is 19.8 Å². The second kappa shape index (κ2) is 5.76. The van der Waals surface area contributed by atoms with Gasteiger partial charge in [-0.3, -0.25) is 14.4 Å². The van der Waals surface area contributed by atoms with Crippen LogP contribution in [-0.2, 0) is 6.54 Å². The Morgan fingerprint density at radius 1 is 1.23 bits per heavy atom. The van der Waals surface area contributed by atoms with E-state index in [0.29, 0.717) is 36.2 Å². The van der Waals surface area contributed by atoms with Crippen LogP contribution in [0.2, 0.25) is 0 Å². The van der Waals surface area contributed by atoms with Gasteiger partial charge in [0.15, 0.2) is 0 Å². The van der Waals surface area contributed by atoms with Crippen molar-refractivity contribution >= 4 is 16.9 Å². The Hall–Kier alpha value is -2.41. The molecule has 22 heavy (non-hydrogen) atoms. The highest BCUT2D eigenvalue weighted by Crippen LogP contribution is 2.14. The third-order valence-electron chi connectivity index (χ3n) is 3.94. The summed E-state index contributed by atoms with van der Waals surface area (Å²) in [6, 6.07) is 5.06. The number of nitrogens with one attached hydrogen (secondary N) is 2. The number of carbonyl (C=O) groups excluding carboxylic acids is 1. The van der Waals surface area contributed by atoms with Gasteiger partial charge in [-0.15, -0.1) is 0 Å². The summed E-state index contributed by atoms with van der Waals surface area (Å²) in [5.74, 6) is -0.0569. The van der Waals surface area contributed by atoms with Crippen LogP contribution in [0, 0.1) is 0 Å². The lowest BCUT2D eigenvalue weighted by Crippen LogP contribution is -2.46. The molecule has 7 nitrogen and oxygen atoms in total. The van der Waals surface area contributed by atoms with E-state index in [0.717, 1.165) is 13.1 Å². The topological polar surface area (TPSA) is 87.2 Å². The summed E-state index contributed by atoms with van der Waals surface area (Å²) in [6.07, 6.45) is 0. The van der Waals surface area contributed by atoms with Gasteiger partial charge in [-0.2, -0.15) is 0 Å². The average Bonchev–Trinajstić information content (AvgIpc) is 2.56. The quantitative estimate of drug-likeness (QED) is 0.749. The minimum atomic E-state index is -0.666. The van der Waals surface area contributed by atoms with E-state index in [-0.39, 0.29) is 5.91 Å². The van der Waals surface area contributed by atoms with Gasteiger partial charge in [-0.1, -0.05) is 0 Å². The fourth-order valence-corrected chi connectivity index (χ4v) is 2.78. The van der Waals surface area contributed by atoms with Gasteiger partial charge in [0.2, 0.25) is 0 Å². The van der Waals surface area contributed by atoms with E-state index in [1.54, 1.807) is 30.0 Å². The fraction of sp³-hybridized carbons (Fsp3) is 0.400. The van der Waals surface area contributed by atoms with Gasteiger partial charge in [0.05, 0.1) is 11.0 Å². The van der Waals surface area contributed by atoms with Crippen molar-refractivity contribution in [1.29, 1.82) is 0 Å². The molecule has 0 aliphatic carbocycles. The van der Waals surface area contributed by atoms with Crippen molar-refractivity contribution in [1.82, 2.24) is 19.8 Å². The van der Waals surface area contributed by atoms with Crippen molar-refractivity contribution in [3.05, 3.63) is 44.5 Å². The smallest absolute Gasteiger partial charge is 0.316 e. The van der Waals surface area contributed by atoms with Gasteiger partial charge >= 0.3 is 11.1 Å². The van der Waals surface area contributed by atoms with Gasteiger partial charge in [-0.05, 0) is 25.1 Å². The van der Waals surface area contributed by atoms with Crippen LogP contribution in [0.3, 0.4) is 0 Å². The number of fused-ring (bicyclic) bond motifs is 1. The van der Waals surface area contributed by atoms with Crippen LogP contribution in [-0.4, -0.2) is 46.5 Å². The Morgan fingerprint density at radius 3 is 2.64 bits per heavy atom. The third-order valence-corrected chi connectivity index (χ3v) is 3.94. The summed E-state index contributed by atoms with van der Waals surface area (Å²) < 4.78 is 1.41. The molecule has 1 saturated heterocycles. The molecule has 1 aliphatic rings. The lowest BCUT2D eigenvalue weighted by Gasteiger charge is -2.27. The van der Waals surface area contributed by atoms with Crippen molar-refractivity contribution in [2.45, 2.75) is 13.5 Å². The Kier molecular flexibility index (Phi) is 3.81. The van der Waals surface area contributed by atoms with Crippen molar-refractivity contribution < 1.29 is 4.79 Å². The molecule has 2 heterocycles. The van der Waals surface area contributed by atoms with Crippen molar-refractivity contribution in [2.75, 3.05) is 26.2 Å². The number of aryl methyl sites for hydroxylation is 1. The highest BCUT2D eigenvalue weighted by atomic mass is 16.2. The number of carbonyl (C=O) groups is 1. The molecule has 0 unspecified atom stereocenters. The normalized spacial score (nSPS) is 15.2. The predicted octanol–water partition coefficient (Wildman–Crippen LogP) is -0.245. The maximum Gasteiger partial charge on any atom is 0.316 e. The molecule has 2 N–H and O–H groups in total. The molecule has 0 atom stereocenters. The molecular weight excluding hydrogens is 284 g/mol. The number of hydrogen-bond acceptors (Lipinski definition) is 4. The third kappa shape index (κ3) is 2.43. The van der Waals surface area contributed by atoms with Crippen LogP contribution in [0.25, 0.3) is 11.0 Å². The van der Waals surface area contributed by atoms with Gasteiger partial charge in [0, 0.05) is 38.3 Å². The molecule has 1 aliphatic heterocycles. The van der Waals surface area contributed by atoms with E-state index >= 15 is 0 Å². The first kappa shape index (κ1) is 14.5. The van der Waals surface area contributed by atoms with E-state index in [4.69, 9.17) is 0 Å². The van der Waals surface area contributed by atoms with Crippen molar-refractivity contribution in [2.24, 2.45) is 0 Å². The molecule has 1 fully saturated rings. The maximum absolute atomic E-state index is 12.5. The summed E-state index contributed by atoms with van der Waals surface area (Å²) in [5, 5.41) is 3.20. The van der Waals surface area contributed by atoms with E-state index < -0.39 is 11.1 Å². The van der Waals surface area contributed by atoms with Crippen LogP contribution < -0.4 is 16.4 Å². The molecule has 3 rings (SSSR count). The van der Waals surface area contributed by atoms with Gasteiger partial charge in [0.1, 0.15) is 0 Å². The molecule has 0 bridgehead atoms. The average molecular weight is 302 g/mol. The van der Waals surface area contributed by atoms with Crippen LogP contribution in [0.5, 0.6) is 0 Å². The molecular formula is C15H18N4O3. The van der Waals surface area contributed by atoms with Gasteiger partial charge in [0.25, 0.3) is 5.91 Å². The molecule has 2 aromatic rings. The maximum atomic E-state index is 12.5. The van der Waals surface area contributed by atoms with Crippen LogP contribution >= 0.6 is 0 Å². The van der Waals surface area contributed by atoms with Crippen LogP contribution in [0.15, 0.2) is 27.8 Å². The standard InChI is InChI=1S/C15H18N4O3/c1-2-19-12-4-3-10(9-11(12)17-13(20)15(19)22)14(21)18-7-5-16-6-8-18/h3-4,9,16H,2,5-8H2,1H3,(H,17,20). The van der Waals surface area contributed by atoms with E-state index in [2.05, 4.69) is 10.3 Å². The Labute approximate surface area is 126 Å². The van der Waals surface area contributed by atoms with E-state index in [1.165, 1.54) is 4.57 Å². The number of hydrogen-bond donors (Lipinski definition) is 2. The summed E-state index contributed by atoms with van der Waals surface area (Å²) >= 11 is 0. The molecule has 116 valence electrons. The van der Waals surface area contributed by atoms with Crippen molar-refractivity contribution in [3.63, 3.8) is 0 Å². The number of nitrogens with zero attached hydrogens (tertiary/aromatic N) is 2. The first-order chi connectivity index (χ1) is 10.6. The second-order valence-corrected chi connectivity index (χ2v) is 5.28. The Morgan fingerprint density at radius 2 is 1.95 bits per heavy atom. The number of H-pyrrole nitrogens is 1. The molecule has 0 spiro atoms. The summed E-state index contributed by atoms with van der Waals surface area (Å²) in [5.41, 5.74) is 0.417. The monoisotopic (exact) mass is 302 g/mol. The molecule has 1 aromatic heterocycles. The highest BCUT2D eigenvalue weighted by Gasteiger charge is 2.18. The lowest BCUT2D eigenvalue weighted by atomic mass is 10.1. The van der Waals surface area contributed by atoms with Crippen molar-refractivity contribution in [3.8, 4) is 0 Å². The zero-order valence-corrected chi connectivity index (χ0v) is 12.4. The zero-order valence-electron chi connectivity index (χ0n) is 12.4. The van der Waals surface area contributed by atoms with Gasteiger partial charge in [-0.25, -0.2) is 0 Å². The van der Waals surface area contributed by atoms with Crippen LogP contribution in [0.1, 0.15) is 17.3 Å². The molecule has 7 heteroatoms. The SMILES string of the molecule is CCn1c(=O)c(=O)[nH]c2cc(C(=O)N3CCNCC3)ccc21. The van der Waals surface area contributed by atoms with E-state index in [1.807, 2.05) is 0 Å². The second-order valence-electron chi connectivity index (χ2n) is 5.28. The van der Waals surface area contributed by atoms with E-state index in [9.17, 15) is 14.4 Å². The first-order valence-corrected chi connectivity index (χ1v) is 7.38. The molecule has 0 radical (unpaired) electrons. The fourth-order valence-electron chi connectivity index (χ4n) is 2.78. The molecule has 1 amide bonds. The minimum Gasteiger partial charge on any atom is -0.336 e. The summed E-state index contributed by atoms with van der Waals surface area (Å²) in [6.45, 7) is 5.12. The number of aromatic nitrogens is 2. The summed E-state index contributed by atoms with van der Waals surface area (Å²) in [7, 11) is 0. The number of piperazine rings is 1. The Balaban J connectivity index is 2.06. The highest BCUT2D eigenvalue weighted by molar-refractivity contribution is 5.97. The molecule has 1 aromatic carbocycles. The molecule has 0 saturated carbocycles. The number of amides is 1. The Bertz CT molecular complexity index is 831. The largest absolute Gasteiger partial charge is 0.336 e.